The van der Waals surface area contributed by atoms with Gasteiger partial charge in [0.05, 0.1) is 23.6 Å². The summed E-state index contributed by atoms with van der Waals surface area (Å²) in [6, 6.07) is 64.7. The number of hydrogen-bond donors (Lipinski definition) is 0. The maximum atomic E-state index is 9.29. The van der Waals surface area contributed by atoms with Crippen LogP contribution in [0.3, 0.4) is 0 Å². The van der Waals surface area contributed by atoms with E-state index in [9.17, 15) is 2.74 Å². The minimum atomic E-state index is -0.452. The number of hydrogen-bond acceptors (Lipinski definition) is 2. The number of para-hydroxylation sites is 3. The fourth-order valence-electron chi connectivity index (χ4n) is 10.1. The van der Waals surface area contributed by atoms with Crippen LogP contribution in [0.4, 0.5) is 0 Å². The first-order chi connectivity index (χ1) is 35.9. The molecule has 0 amide bonds. The Bertz CT molecular complexity index is 4260. The second-order valence-electron chi connectivity index (χ2n) is 18.4. The molecule has 338 valence electrons. The van der Waals surface area contributed by atoms with E-state index in [2.05, 4.69) is 147 Å². The van der Waals surface area contributed by atoms with Crippen molar-refractivity contribution >= 4 is 32.8 Å². The Morgan fingerprint density at radius 1 is 0.557 bits per heavy atom. The van der Waals surface area contributed by atoms with Crippen molar-refractivity contribution in [3.05, 3.63) is 236 Å². The molecule has 0 radical (unpaired) electrons. The molecule has 70 heavy (non-hydrogen) atoms. The molecule has 12 aromatic rings. The quantitative estimate of drug-likeness (QED) is 0.123. The van der Waals surface area contributed by atoms with Gasteiger partial charge in [-0.15, -0.1) is 29.7 Å². The smallest absolute Gasteiger partial charge is 0.268 e. The molecule has 1 aliphatic heterocycles. The van der Waals surface area contributed by atoms with Gasteiger partial charge in [0, 0.05) is 44.3 Å². The van der Waals surface area contributed by atoms with Crippen LogP contribution in [0.1, 0.15) is 33.2 Å². The number of fused-ring (bicyclic) bond motifs is 10. The molecule has 0 saturated carbocycles. The zero-order valence-electron chi connectivity index (χ0n) is 43.3. The molecular formula is C64H44N4OPt-2. The summed E-state index contributed by atoms with van der Waals surface area (Å²) in [5, 5.41) is 2.11. The molecule has 0 atom stereocenters. The normalized spacial score (nSPS) is 12.8. The topological polar surface area (TPSA) is 35.9 Å². The van der Waals surface area contributed by atoms with Gasteiger partial charge in [0.15, 0.2) is 0 Å². The van der Waals surface area contributed by atoms with E-state index in [0.717, 1.165) is 83.2 Å². The van der Waals surface area contributed by atoms with Crippen molar-refractivity contribution in [1.29, 1.82) is 0 Å². The Kier molecular flexibility index (Phi) is 9.26. The van der Waals surface area contributed by atoms with E-state index >= 15 is 0 Å². The van der Waals surface area contributed by atoms with E-state index in [-0.39, 0.29) is 44.1 Å². The van der Waals surface area contributed by atoms with Crippen molar-refractivity contribution in [3.63, 3.8) is 0 Å². The van der Waals surface area contributed by atoms with Crippen molar-refractivity contribution in [3.8, 4) is 84.3 Å². The summed E-state index contributed by atoms with van der Waals surface area (Å²) in [4.78, 5) is 4.86. The Hall–Kier alpha value is -8.11. The first-order valence-electron chi connectivity index (χ1n) is 25.6. The van der Waals surface area contributed by atoms with Crippen LogP contribution in [0.15, 0.2) is 212 Å². The molecule has 0 spiro atoms. The molecule has 6 heteroatoms. The van der Waals surface area contributed by atoms with Crippen molar-refractivity contribution in [1.82, 2.24) is 14.1 Å². The third kappa shape index (κ3) is 7.11. The Morgan fingerprint density at radius 3 is 2.04 bits per heavy atom. The molecule has 0 unspecified atom stereocenters. The molecule has 5 nitrogen and oxygen atoms in total. The first kappa shape index (κ1) is 37.8. The fourth-order valence-corrected chi connectivity index (χ4v) is 10.1. The van der Waals surface area contributed by atoms with Crippen LogP contribution in [0.5, 0.6) is 11.5 Å². The number of imidazole rings is 1. The summed E-state index contributed by atoms with van der Waals surface area (Å²) in [5.74, 6) is 1.76. The largest absolute Gasteiger partial charge is 0.510 e. The van der Waals surface area contributed by atoms with Gasteiger partial charge in [-0.1, -0.05) is 184 Å². The maximum Gasteiger partial charge on any atom is 0.268 e. The first-order valence-corrected chi connectivity index (χ1v) is 23.1. The van der Waals surface area contributed by atoms with Crippen LogP contribution in [0, 0.1) is 18.5 Å². The zero-order chi connectivity index (χ0) is 50.6. The molecule has 0 saturated heterocycles. The minimum absolute atomic E-state index is 0. The number of ether oxygens (including phenoxy) is 1. The Morgan fingerprint density at radius 2 is 1.21 bits per heavy atom. The van der Waals surface area contributed by atoms with Crippen LogP contribution in [0.25, 0.3) is 106 Å². The molecule has 4 heterocycles. The Labute approximate surface area is 428 Å². The third-order valence-electron chi connectivity index (χ3n) is 13.2. The molecule has 0 aliphatic carbocycles. The van der Waals surface area contributed by atoms with Gasteiger partial charge in [-0.2, -0.15) is 18.2 Å². The van der Waals surface area contributed by atoms with Crippen LogP contribution in [-0.4, -0.2) is 14.1 Å². The average Bonchev–Trinajstić information content (AvgIpc) is 3.99. The van der Waals surface area contributed by atoms with Gasteiger partial charge in [0.25, 0.3) is 6.33 Å². The van der Waals surface area contributed by atoms with E-state index in [0.29, 0.717) is 28.4 Å². The van der Waals surface area contributed by atoms with Crippen molar-refractivity contribution in [2.75, 3.05) is 0 Å². The van der Waals surface area contributed by atoms with E-state index in [1.165, 1.54) is 5.56 Å². The van der Waals surface area contributed by atoms with Gasteiger partial charge < -0.3 is 13.9 Å². The summed E-state index contributed by atoms with van der Waals surface area (Å²) in [6.07, 6.45) is 5.62. The fraction of sp³-hybridized carbons (Fsp3) is 0.0625. The SMILES string of the molecule is [2H]c1c([2H])c([2H])c(-c2cccc3c2-[n+]2[c-]n(-c4[c-]c(Oc5[c-]c6c(cc5)c5ccccc5n6-c5cc(C(C)(C)C)ccn5)ccc4)c4cccc(c42)-c2c(-c4ccccc4)cccc2-c2ccccc2-3)c([2H])c1[2H].[Pt]. The molecule has 9 aromatic carbocycles. The standard InChI is InChI=1S/C64H44N4O.Pt/c1-64(2,3)44-36-37-65-60(38-44)68-57-32-13-12-26-52(57)53-35-34-47(40-59(53)68)69-46-23-14-22-45(39-46)66-41-67-62-49(43-20-8-5-9-21-43)28-16-30-55(62)51-25-11-10-24-50(51)54-29-15-27-48(42-18-6-4-7-19-42)61(54)56-31-17-33-58(66)63(56)67;/h4-38H,1-3H3;/q-2;/i5D,8D,9D,20D,21D;. The number of aromatic nitrogens is 4. The van der Waals surface area contributed by atoms with Crippen LogP contribution < -0.4 is 9.30 Å². The van der Waals surface area contributed by atoms with Crippen LogP contribution in [-0.2, 0) is 26.5 Å². The maximum absolute atomic E-state index is 9.29. The van der Waals surface area contributed by atoms with E-state index in [4.69, 9.17) is 13.8 Å². The number of benzene rings is 9. The zero-order valence-corrected chi connectivity index (χ0v) is 40.6. The molecule has 0 N–H and O–H groups in total. The molecule has 0 bridgehead atoms. The van der Waals surface area contributed by atoms with Gasteiger partial charge in [-0.3, -0.25) is 4.57 Å². The predicted molar refractivity (Wildman–Crippen MR) is 279 cm³/mol. The summed E-state index contributed by atoms with van der Waals surface area (Å²) >= 11 is 0. The monoisotopic (exact) mass is 1080 g/mol. The molecule has 3 aromatic heterocycles. The number of pyridine rings is 1. The van der Waals surface area contributed by atoms with E-state index in [1.54, 1.807) is 0 Å². The molecule has 1 aliphatic rings. The van der Waals surface area contributed by atoms with Crippen LogP contribution >= 0.6 is 0 Å². The van der Waals surface area contributed by atoms with Gasteiger partial charge in [-0.05, 0) is 95.9 Å². The minimum Gasteiger partial charge on any atom is -0.510 e. The van der Waals surface area contributed by atoms with E-state index in [1.807, 2.05) is 88.1 Å². The summed E-state index contributed by atoms with van der Waals surface area (Å²) < 4.78 is 57.5. The van der Waals surface area contributed by atoms with E-state index < -0.39 is 18.1 Å². The third-order valence-corrected chi connectivity index (χ3v) is 13.2. The summed E-state index contributed by atoms with van der Waals surface area (Å²) in [6.45, 7) is 6.60. The molecule has 13 rings (SSSR count). The van der Waals surface area contributed by atoms with Gasteiger partial charge in [0.1, 0.15) is 5.82 Å². The Balaban J connectivity index is 0.00000569. The number of rotatable bonds is 6. The second kappa shape index (κ2) is 17.1. The van der Waals surface area contributed by atoms with Crippen LogP contribution in [0.2, 0.25) is 0 Å². The predicted octanol–water partition coefficient (Wildman–Crippen LogP) is 15.5. The average molecular weight is 1090 g/mol. The van der Waals surface area contributed by atoms with Crippen molar-refractivity contribution < 1.29 is 37.2 Å². The van der Waals surface area contributed by atoms with Crippen molar-refractivity contribution in [2.24, 2.45) is 0 Å². The van der Waals surface area contributed by atoms with Gasteiger partial charge >= 0.3 is 0 Å². The van der Waals surface area contributed by atoms with Crippen molar-refractivity contribution in [2.45, 2.75) is 26.2 Å². The molecular weight excluding hydrogens is 1040 g/mol. The molecule has 0 fully saturated rings. The second-order valence-corrected chi connectivity index (χ2v) is 18.4. The summed E-state index contributed by atoms with van der Waals surface area (Å²) in [5.41, 5.74) is 14.1. The van der Waals surface area contributed by atoms with Gasteiger partial charge in [0.2, 0.25) is 0 Å². The number of nitrogens with zero attached hydrogens (tertiary/aromatic N) is 4. The summed E-state index contributed by atoms with van der Waals surface area (Å²) in [7, 11) is 0. The van der Waals surface area contributed by atoms with Gasteiger partial charge in [-0.25, -0.2) is 4.98 Å².